The summed E-state index contributed by atoms with van der Waals surface area (Å²) in [5.41, 5.74) is 25.6. The van der Waals surface area contributed by atoms with Crippen LogP contribution in [0.1, 0.15) is 25.7 Å². The maximum Gasteiger partial charge on any atom is 0.121 e. The first kappa shape index (κ1) is 29.8. The van der Waals surface area contributed by atoms with Gasteiger partial charge in [0.15, 0.2) is 0 Å². The minimum absolute atomic E-state index is 0.589. The molecule has 0 fully saturated rings. The van der Waals surface area contributed by atoms with Crippen LogP contribution in [-0.4, -0.2) is 26.4 Å². The smallest absolute Gasteiger partial charge is 0.121 e. The van der Waals surface area contributed by atoms with E-state index < -0.39 is 0 Å². The van der Waals surface area contributed by atoms with Crippen molar-refractivity contribution in [2.75, 3.05) is 49.4 Å². The molecule has 4 rings (SSSR count). The highest BCUT2D eigenvalue weighted by Gasteiger charge is 1.98. The van der Waals surface area contributed by atoms with Crippen molar-refractivity contribution in [1.29, 1.82) is 0 Å². The van der Waals surface area contributed by atoms with E-state index in [1.54, 1.807) is 12.1 Å². The Hall–Kier alpha value is -4.72. The van der Waals surface area contributed by atoms with Crippen molar-refractivity contribution in [1.82, 2.24) is 0 Å². The largest absolute Gasteiger partial charge is 0.494 e. The molecule has 212 valence electrons. The van der Waals surface area contributed by atoms with Crippen LogP contribution in [0.5, 0.6) is 23.0 Å². The second kappa shape index (κ2) is 17.0. The third kappa shape index (κ3) is 12.2. The normalized spacial score (nSPS) is 10.2. The zero-order valence-electron chi connectivity index (χ0n) is 22.8. The van der Waals surface area contributed by atoms with Gasteiger partial charge in [-0.1, -0.05) is 24.3 Å². The van der Waals surface area contributed by atoms with Gasteiger partial charge in [-0.15, -0.1) is 0 Å². The molecule has 0 radical (unpaired) electrons. The standard InChI is InChI=1S/C17H22N2O2.C15H18N2O2/c18-14-6-4-8-16(12-14)20-10-2-1-3-11-21-17-9-5-7-15(19)13-17;16-12-4-1-6-14(10-12)18-8-3-9-19-15-7-2-5-13(17)11-15/h4-9,12-13H,1-3,10-11,18-19H2;1-2,4-7,10-11H,3,8-9,16-17H2. The Bertz CT molecular complexity index is 1190. The van der Waals surface area contributed by atoms with E-state index in [4.69, 9.17) is 41.9 Å². The summed E-state index contributed by atoms with van der Waals surface area (Å²) in [5.74, 6) is 3.21. The van der Waals surface area contributed by atoms with Gasteiger partial charge in [-0.3, -0.25) is 0 Å². The van der Waals surface area contributed by atoms with E-state index in [2.05, 4.69) is 0 Å². The lowest BCUT2D eigenvalue weighted by Crippen LogP contribution is -2.05. The van der Waals surface area contributed by atoms with E-state index in [1.165, 1.54) is 0 Å². The minimum Gasteiger partial charge on any atom is -0.494 e. The van der Waals surface area contributed by atoms with Gasteiger partial charge in [-0.2, -0.15) is 0 Å². The van der Waals surface area contributed by atoms with Crippen LogP contribution in [0, 0.1) is 0 Å². The highest BCUT2D eigenvalue weighted by molar-refractivity contribution is 5.45. The average Bonchev–Trinajstić information content (AvgIpc) is 2.93. The highest BCUT2D eigenvalue weighted by atomic mass is 16.5. The van der Waals surface area contributed by atoms with Crippen molar-refractivity contribution >= 4 is 22.7 Å². The first-order chi connectivity index (χ1) is 19.5. The van der Waals surface area contributed by atoms with E-state index >= 15 is 0 Å². The van der Waals surface area contributed by atoms with Crippen LogP contribution in [0.4, 0.5) is 22.7 Å². The summed E-state index contributed by atoms with van der Waals surface area (Å²) in [5, 5.41) is 0. The fourth-order valence-electron chi connectivity index (χ4n) is 3.62. The van der Waals surface area contributed by atoms with Gasteiger partial charge in [0.05, 0.1) is 26.4 Å². The van der Waals surface area contributed by atoms with Gasteiger partial charge in [0.1, 0.15) is 23.0 Å². The molecule has 4 aromatic rings. The summed E-state index contributed by atoms with van der Waals surface area (Å²) in [7, 11) is 0. The molecule has 8 heteroatoms. The summed E-state index contributed by atoms with van der Waals surface area (Å²) >= 11 is 0. The maximum absolute atomic E-state index is 5.69. The molecule has 0 saturated heterocycles. The topological polar surface area (TPSA) is 141 Å². The second-order valence-corrected chi connectivity index (χ2v) is 9.10. The minimum atomic E-state index is 0.589. The van der Waals surface area contributed by atoms with Crippen molar-refractivity contribution in [2.45, 2.75) is 25.7 Å². The molecule has 0 aliphatic heterocycles. The molecule has 0 atom stereocenters. The van der Waals surface area contributed by atoms with Crippen molar-refractivity contribution in [2.24, 2.45) is 0 Å². The molecule has 0 aliphatic rings. The third-order valence-electron chi connectivity index (χ3n) is 5.58. The molecule has 0 unspecified atom stereocenters. The summed E-state index contributed by atoms with van der Waals surface area (Å²) in [4.78, 5) is 0. The molecular weight excluding hydrogens is 504 g/mol. The predicted molar refractivity (Wildman–Crippen MR) is 164 cm³/mol. The first-order valence-corrected chi connectivity index (χ1v) is 13.4. The van der Waals surface area contributed by atoms with E-state index in [-0.39, 0.29) is 0 Å². The number of anilines is 4. The van der Waals surface area contributed by atoms with Crippen LogP contribution in [0.25, 0.3) is 0 Å². The molecule has 0 spiro atoms. The number of unbranched alkanes of at least 4 members (excludes halogenated alkanes) is 2. The Morgan fingerprint density at radius 2 is 0.625 bits per heavy atom. The number of nitrogens with two attached hydrogens (primary N) is 4. The predicted octanol–water partition coefficient (Wildman–Crippen LogP) is 6.18. The average molecular weight is 545 g/mol. The molecule has 0 amide bonds. The Morgan fingerprint density at radius 3 is 0.900 bits per heavy atom. The monoisotopic (exact) mass is 544 g/mol. The molecule has 8 N–H and O–H groups in total. The summed E-state index contributed by atoms with van der Waals surface area (Å²) in [6.07, 6.45) is 3.85. The van der Waals surface area contributed by atoms with Crippen molar-refractivity contribution < 1.29 is 18.9 Å². The molecule has 0 aromatic heterocycles. The van der Waals surface area contributed by atoms with Crippen LogP contribution in [0.2, 0.25) is 0 Å². The van der Waals surface area contributed by atoms with Crippen LogP contribution >= 0.6 is 0 Å². The number of nitrogen functional groups attached to an aromatic ring is 4. The molecule has 0 saturated carbocycles. The van der Waals surface area contributed by atoms with Crippen LogP contribution < -0.4 is 41.9 Å². The van der Waals surface area contributed by atoms with E-state index in [1.807, 2.05) is 84.9 Å². The summed E-state index contributed by atoms with van der Waals surface area (Å²) in [6, 6.07) is 29.8. The number of hydrogen-bond donors (Lipinski definition) is 4. The molecule has 0 aliphatic carbocycles. The van der Waals surface area contributed by atoms with E-state index in [9.17, 15) is 0 Å². The quantitative estimate of drug-likeness (QED) is 0.109. The number of benzene rings is 4. The van der Waals surface area contributed by atoms with Crippen LogP contribution in [-0.2, 0) is 0 Å². The van der Waals surface area contributed by atoms with Crippen LogP contribution in [0.3, 0.4) is 0 Å². The van der Waals surface area contributed by atoms with Gasteiger partial charge in [-0.25, -0.2) is 0 Å². The Morgan fingerprint density at radius 1 is 0.350 bits per heavy atom. The Balaban J connectivity index is 0.000000222. The number of hydrogen-bond acceptors (Lipinski definition) is 8. The lowest BCUT2D eigenvalue weighted by molar-refractivity contribution is 0.247. The number of ether oxygens (including phenoxy) is 4. The van der Waals surface area contributed by atoms with Gasteiger partial charge >= 0.3 is 0 Å². The summed E-state index contributed by atoms with van der Waals surface area (Å²) < 4.78 is 22.4. The second-order valence-electron chi connectivity index (χ2n) is 9.10. The maximum atomic E-state index is 5.69. The SMILES string of the molecule is Nc1cccc(OCCCCCOc2cccc(N)c2)c1.Nc1cccc(OCCCOc2cccc(N)c2)c1. The van der Waals surface area contributed by atoms with Gasteiger partial charge in [0.25, 0.3) is 0 Å². The van der Waals surface area contributed by atoms with E-state index in [0.29, 0.717) is 37.8 Å². The zero-order valence-corrected chi connectivity index (χ0v) is 22.8. The molecule has 4 aromatic carbocycles. The molecule has 40 heavy (non-hydrogen) atoms. The van der Waals surface area contributed by atoms with E-state index in [0.717, 1.165) is 60.1 Å². The van der Waals surface area contributed by atoms with Gasteiger partial charge in [0.2, 0.25) is 0 Å². The highest BCUT2D eigenvalue weighted by Crippen LogP contribution is 2.18. The number of rotatable bonds is 14. The van der Waals surface area contributed by atoms with Gasteiger partial charge < -0.3 is 41.9 Å². The molecule has 0 bridgehead atoms. The molecule has 0 heterocycles. The fourth-order valence-corrected chi connectivity index (χ4v) is 3.62. The van der Waals surface area contributed by atoms with Crippen LogP contribution in [0.15, 0.2) is 97.1 Å². The fraction of sp³-hybridized carbons (Fsp3) is 0.250. The summed E-state index contributed by atoms with van der Waals surface area (Å²) in [6.45, 7) is 2.57. The zero-order chi connectivity index (χ0) is 28.4. The van der Waals surface area contributed by atoms with Crippen molar-refractivity contribution in [3.05, 3.63) is 97.1 Å². The molecule has 8 nitrogen and oxygen atoms in total. The third-order valence-corrected chi connectivity index (χ3v) is 5.58. The van der Waals surface area contributed by atoms with Gasteiger partial charge in [-0.05, 0) is 67.8 Å². The molecular formula is C32H40N4O4. The Kier molecular flexibility index (Phi) is 12.7. The lowest BCUT2D eigenvalue weighted by Gasteiger charge is -2.08. The van der Waals surface area contributed by atoms with Crippen molar-refractivity contribution in [3.8, 4) is 23.0 Å². The lowest BCUT2D eigenvalue weighted by atomic mass is 10.2. The van der Waals surface area contributed by atoms with Gasteiger partial charge in [0, 0.05) is 53.4 Å². The first-order valence-electron chi connectivity index (χ1n) is 13.4. The Labute approximate surface area is 236 Å². The van der Waals surface area contributed by atoms with Crippen molar-refractivity contribution in [3.63, 3.8) is 0 Å².